The first-order chi connectivity index (χ1) is 9.63. The molecule has 0 fully saturated rings. The zero-order valence-corrected chi connectivity index (χ0v) is 14.9. The second-order valence-electron chi connectivity index (χ2n) is 5.54. The summed E-state index contributed by atoms with van der Waals surface area (Å²) in [6, 6.07) is 0.250. The van der Waals surface area contributed by atoms with Crippen molar-refractivity contribution < 1.29 is 0 Å². The molecule has 0 aromatic carbocycles. The minimum Gasteiger partial charge on any atom is -0.327 e. The van der Waals surface area contributed by atoms with Gasteiger partial charge in [0.2, 0.25) is 0 Å². The van der Waals surface area contributed by atoms with Crippen LogP contribution in [-0.2, 0) is 19.4 Å². The minimum atomic E-state index is 0.250. The Morgan fingerprint density at radius 2 is 1.85 bits per heavy atom. The predicted octanol–water partition coefficient (Wildman–Crippen LogP) is 4.46. The molecule has 1 aromatic heterocycles. The van der Waals surface area contributed by atoms with Crippen molar-refractivity contribution in [2.24, 2.45) is 5.73 Å². The van der Waals surface area contributed by atoms with E-state index in [-0.39, 0.29) is 6.04 Å². The Balaban J connectivity index is 2.48. The van der Waals surface area contributed by atoms with E-state index in [4.69, 9.17) is 5.73 Å². The van der Waals surface area contributed by atoms with Crippen LogP contribution in [0.1, 0.15) is 70.7 Å². The molecule has 0 aliphatic carbocycles. The van der Waals surface area contributed by atoms with Gasteiger partial charge in [-0.25, -0.2) is 0 Å². The Hall–Kier alpha value is -0.350. The molecule has 20 heavy (non-hydrogen) atoms. The first kappa shape index (κ1) is 17.7. The largest absolute Gasteiger partial charge is 0.327 e. The lowest BCUT2D eigenvalue weighted by Crippen LogP contribution is -2.24. The van der Waals surface area contributed by atoms with Gasteiger partial charge in [-0.2, -0.15) is 5.10 Å². The summed E-state index contributed by atoms with van der Waals surface area (Å²) in [7, 11) is 0. The van der Waals surface area contributed by atoms with E-state index in [1.165, 1.54) is 42.3 Å². The van der Waals surface area contributed by atoms with Crippen molar-refractivity contribution in [2.75, 3.05) is 0 Å². The van der Waals surface area contributed by atoms with Crippen molar-refractivity contribution in [3.63, 3.8) is 0 Å². The molecule has 116 valence electrons. The number of nitrogens with two attached hydrogens (primary N) is 1. The Labute approximate surface area is 132 Å². The van der Waals surface area contributed by atoms with Gasteiger partial charge in [-0.3, -0.25) is 4.68 Å². The van der Waals surface area contributed by atoms with Crippen molar-refractivity contribution in [2.45, 2.75) is 84.7 Å². The lowest BCUT2D eigenvalue weighted by Gasteiger charge is -2.13. The average molecular weight is 344 g/mol. The summed E-state index contributed by atoms with van der Waals surface area (Å²) in [5.74, 6) is 0. The number of aryl methyl sites for hydroxylation is 2. The third-order valence-electron chi connectivity index (χ3n) is 3.83. The number of halogens is 1. The molecular weight excluding hydrogens is 314 g/mol. The van der Waals surface area contributed by atoms with Crippen LogP contribution in [0.5, 0.6) is 0 Å². The Bertz CT molecular complexity index is 387. The van der Waals surface area contributed by atoms with Crippen LogP contribution >= 0.6 is 15.9 Å². The summed E-state index contributed by atoms with van der Waals surface area (Å²) >= 11 is 3.70. The summed E-state index contributed by atoms with van der Waals surface area (Å²) in [5.41, 5.74) is 8.72. The van der Waals surface area contributed by atoms with Crippen molar-refractivity contribution in [3.8, 4) is 0 Å². The molecule has 0 aliphatic rings. The van der Waals surface area contributed by atoms with E-state index in [0.717, 1.165) is 31.5 Å². The number of rotatable bonds is 10. The second-order valence-corrected chi connectivity index (χ2v) is 6.34. The fourth-order valence-electron chi connectivity index (χ4n) is 2.57. The molecule has 0 aliphatic heterocycles. The van der Waals surface area contributed by atoms with Crippen LogP contribution in [0, 0.1) is 0 Å². The van der Waals surface area contributed by atoms with Gasteiger partial charge in [0.15, 0.2) is 0 Å². The molecule has 1 unspecified atom stereocenters. The SMILES string of the molecule is CCCCCCCC(N)Cc1c(Br)c(CC)nn1CC. The molecule has 0 bridgehead atoms. The fourth-order valence-corrected chi connectivity index (χ4v) is 3.30. The fraction of sp³-hybridized carbons (Fsp3) is 0.812. The van der Waals surface area contributed by atoms with Gasteiger partial charge in [-0.05, 0) is 35.7 Å². The molecule has 4 heteroatoms. The van der Waals surface area contributed by atoms with Gasteiger partial charge in [-0.1, -0.05) is 46.0 Å². The minimum absolute atomic E-state index is 0.250. The Morgan fingerprint density at radius 1 is 1.15 bits per heavy atom. The van der Waals surface area contributed by atoms with Crippen LogP contribution in [0.4, 0.5) is 0 Å². The molecule has 2 N–H and O–H groups in total. The molecular formula is C16H30BrN3. The standard InChI is InChI=1S/C16H30BrN3/c1-4-7-8-9-10-11-13(18)12-15-16(17)14(5-2)19-20(15)6-3/h13H,4-12,18H2,1-3H3. The maximum absolute atomic E-state index is 6.30. The van der Waals surface area contributed by atoms with E-state index in [2.05, 4.69) is 46.5 Å². The van der Waals surface area contributed by atoms with Crippen LogP contribution in [0.15, 0.2) is 4.47 Å². The number of aromatic nitrogens is 2. The molecule has 0 amide bonds. The van der Waals surface area contributed by atoms with Gasteiger partial charge in [0, 0.05) is 19.0 Å². The van der Waals surface area contributed by atoms with Gasteiger partial charge in [0.25, 0.3) is 0 Å². The second kappa shape index (κ2) is 9.56. The van der Waals surface area contributed by atoms with Crippen molar-refractivity contribution in [1.82, 2.24) is 9.78 Å². The smallest absolute Gasteiger partial charge is 0.0766 e. The van der Waals surface area contributed by atoms with Crippen molar-refractivity contribution in [1.29, 1.82) is 0 Å². The van der Waals surface area contributed by atoms with E-state index < -0.39 is 0 Å². The number of nitrogens with zero attached hydrogens (tertiary/aromatic N) is 2. The molecule has 0 saturated carbocycles. The Kier molecular flexibility index (Phi) is 8.46. The van der Waals surface area contributed by atoms with E-state index in [1.54, 1.807) is 0 Å². The van der Waals surface area contributed by atoms with Crippen LogP contribution in [-0.4, -0.2) is 15.8 Å². The first-order valence-corrected chi connectivity index (χ1v) is 8.92. The highest BCUT2D eigenvalue weighted by Crippen LogP contribution is 2.24. The maximum atomic E-state index is 6.30. The number of hydrogen-bond acceptors (Lipinski definition) is 2. The highest BCUT2D eigenvalue weighted by atomic mass is 79.9. The predicted molar refractivity (Wildman–Crippen MR) is 90.0 cm³/mol. The topological polar surface area (TPSA) is 43.8 Å². The van der Waals surface area contributed by atoms with E-state index >= 15 is 0 Å². The number of hydrogen-bond donors (Lipinski definition) is 1. The molecule has 0 spiro atoms. The van der Waals surface area contributed by atoms with E-state index in [1.807, 2.05) is 0 Å². The quantitative estimate of drug-likeness (QED) is 0.637. The highest BCUT2D eigenvalue weighted by Gasteiger charge is 2.16. The molecule has 1 heterocycles. The summed E-state index contributed by atoms with van der Waals surface area (Å²) in [6.07, 6.45) is 9.57. The molecule has 0 radical (unpaired) electrons. The van der Waals surface area contributed by atoms with Crippen molar-refractivity contribution >= 4 is 15.9 Å². The van der Waals surface area contributed by atoms with Gasteiger partial charge >= 0.3 is 0 Å². The van der Waals surface area contributed by atoms with Gasteiger partial charge < -0.3 is 5.73 Å². The van der Waals surface area contributed by atoms with Gasteiger partial charge in [0.1, 0.15) is 0 Å². The molecule has 1 aromatic rings. The lowest BCUT2D eigenvalue weighted by molar-refractivity contribution is 0.516. The molecule has 1 rings (SSSR count). The van der Waals surface area contributed by atoms with Gasteiger partial charge in [0.05, 0.1) is 15.9 Å². The summed E-state index contributed by atoms with van der Waals surface area (Å²) in [6.45, 7) is 7.45. The third-order valence-corrected chi connectivity index (χ3v) is 4.74. The number of unbranched alkanes of at least 4 members (excludes halogenated alkanes) is 4. The maximum Gasteiger partial charge on any atom is 0.0766 e. The normalized spacial score (nSPS) is 12.8. The average Bonchev–Trinajstić information content (AvgIpc) is 2.75. The van der Waals surface area contributed by atoms with Crippen LogP contribution in [0.2, 0.25) is 0 Å². The van der Waals surface area contributed by atoms with E-state index in [9.17, 15) is 0 Å². The zero-order chi connectivity index (χ0) is 15.0. The highest BCUT2D eigenvalue weighted by molar-refractivity contribution is 9.10. The summed E-state index contributed by atoms with van der Waals surface area (Å²) in [5, 5.41) is 4.63. The zero-order valence-electron chi connectivity index (χ0n) is 13.3. The van der Waals surface area contributed by atoms with Crippen molar-refractivity contribution in [3.05, 3.63) is 15.9 Å². The molecule has 3 nitrogen and oxygen atoms in total. The molecule has 1 atom stereocenters. The monoisotopic (exact) mass is 343 g/mol. The summed E-state index contributed by atoms with van der Waals surface area (Å²) < 4.78 is 3.27. The van der Waals surface area contributed by atoms with Gasteiger partial charge in [-0.15, -0.1) is 0 Å². The first-order valence-electron chi connectivity index (χ1n) is 8.13. The van der Waals surface area contributed by atoms with Crippen LogP contribution < -0.4 is 5.73 Å². The molecule has 0 saturated heterocycles. The Morgan fingerprint density at radius 3 is 2.45 bits per heavy atom. The summed E-state index contributed by atoms with van der Waals surface area (Å²) in [4.78, 5) is 0. The van der Waals surface area contributed by atoms with E-state index in [0.29, 0.717) is 0 Å². The van der Waals surface area contributed by atoms with Crippen LogP contribution in [0.25, 0.3) is 0 Å². The third kappa shape index (κ3) is 5.21. The van der Waals surface area contributed by atoms with Crippen LogP contribution in [0.3, 0.4) is 0 Å². The lowest BCUT2D eigenvalue weighted by atomic mass is 10.0.